The van der Waals surface area contributed by atoms with Gasteiger partial charge in [0.05, 0.1) is 6.10 Å². The molecule has 0 bridgehead atoms. The lowest BCUT2D eigenvalue weighted by Gasteiger charge is -2.27. The van der Waals surface area contributed by atoms with Gasteiger partial charge in [0.2, 0.25) is 11.8 Å². The molecule has 3 rings (SSSR count). The molecule has 0 aromatic heterocycles. The van der Waals surface area contributed by atoms with Crippen LogP contribution in [-0.4, -0.2) is 37.6 Å². The third-order valence-corrected chi connectivity index (χ3v) is 5.62. The van der Waals surface area contributed by atoms with Gasteiger partial charge in [0, 0.05) is 31.5 Å². The number of nitrogens with one attached hydrogen (secondary N) is 2. The molecule has 1 aromatic carbocycles. The summed E-state index contributed by atoms with van der Waals surface area (Å²) in [5, 5.41) is 5.98. The maximum atomic E-state index is 12.9. The summed E-state index contributed by atoms with van der Waals surface area (Å²) in [5.41, 5.74) is 1.00. The van der Waals surface area contributed by atoms with E-state index in [-0.39, 0.29) is 35.6 Å². The predicted molar refractivity (Wildman–Crippen MR) is 101 cm³/mol. The fourth-order valence-electron chi connectivity index (χ4n) is 3.91. The Kier molecular flexibility index (Phi) is 7.21. The van der Waals surface area contributed by atoms with Crippen molar-refractivity contribution in [3.05, 3.63) is 35.6 Å². The molecule has 2 N–H and O–H groups in total. The average molecular weight is 376 g/mol. The Bertz CT molecular complexity index is 621. The van der Waals surface area contributed by atoms with Gasteiger partial charge in [0.1, 0.15) is 5.82 Å². The van der Waals surface area contributed by atoms with Gasteiger partial charge in [-0.1, -0.05) is 12.1 Å². The lowest BCUT2D eigenvalue weighted by atomic mass is 9.81. The standard InChI is InChI=1S/C21H29FN2O3/c22-18-9-3-15(4-10-18)11-12-23-20(25)16-5-7-17(8-6-16)21(26)24-14-19-2-1-13-27-19/h3-4,9-10,16-17,19H,1-2,5-8,11-14H2,(H,23,25)(H,24,26). The first-order chi connectivity index (χ1) is 13.1. The molecule has 1 saturated heterocycles. The monoisotopic (exact) mass is 376 g/mol. The van der Waals surface area contributed by atoms with Gasteiger partial charge in [-0.15, -0.1) is 0 Å². The summed E-state index contributed by atoms with van der Waals surface area (Å²) in [7, 11) is 0. The highest BCUT2D eigenvalue weighted by molar-refractivity contribution is 5.81. The number of hydrogen-bond donors (Lipinski definition) is 2. The molecule has 1 aliphatic heterocycles. The van der Waals surface area contributed by atoms with Crippen LogP contribution in [0, 0.1) is 17.7 Å². The van der Waals surface area contributed by atoms with Gasteiger partial charge in [-0.05, 0) is 62.6 Å². The summed E-state index contributed by atoms with van der Waals surface area (Å²) in [4.78, 5) is 24.6. The first-order valence-corrected chi connectivity index (χ1v) is 10.0. The average Bonchev–Trinajstić information content (AvgIpc) is 3.21. The maximum Gasteiger partial charge on any atom is 0.223 e. The van der Waals surface area contributed by atoms with Crippen molar-refractivity contribution in [3.8, 4) is 0 Å². The molecule has 1 saturated carbocycles. The summed E-state index contributed by atoms with van der Waals surface area (Å²) in [5.74, 6) is -0.0922. The lowest BCUT2D eigenvalue weighted by Crippen LogP contribution is -2.40. The summed E-state index contributed by atoms with van der Waals surface area (Å²) in [6.45, 7) is 1.94. The third kappa shape index (κ3) is 6.03. The largest absolute Gasteiger partial charge is 0.376 e. The lowest BCUT2D eigenvalue weighted by molar-refractivity contribution is -0.130. The van der Waals surface area contributed by atoms with E-state index in [2.05, 4.69) is 10.6 Å². The Balaban J connectivity index is 1.32. The van der Waals surface area contributed by atoms with Crippen LogP contribution in [0.15, 0.2) is 24.3 Å². The van der Waals surface area contributed by atoms with Gasteiger partial charge < -0.3 is 15.4 Å². The minimum atomic E-state index is -0.251. The number of carbonyl (C=O) groups excluding carboxylic acids is 2. The number of rotatable bonds is 7. The molecule has 148 valence electrons. The minimum absolute atomic E-state index is 0.00895. The van der Waals surface area contributed by atoms with E-state index in [1.54, 1.807) is 12.1 Å². The highest BCUT2D eigenvalue weighted by Crippen LogP contribution is 2.29. The molecule has 1 heterocycles. The van der Waals surface area contributed by atoms with Crippen molar-refractivity contribution in [2.24, 2.45) is 11.8 Å². The Morgan fingerprint density at radius 2 is 1.59 bits per heavy atom. The highest BCUT2D eigenvalue weighted by Gasteiger charge is 2.30. The molecule has 2 amide bonds. The molecule has 6 heteroatoms. The van der Waals surface area contributed by atoms with Crippen LogP contribution in [0.3, 0.4) is 0 Å². The minimum Gasteiger partial charge on any atom is -0.376 e. The van der Waals surface area contributed by atoms with E-state index in [1.165, 1.54) is 12.1 Å². The number of amides is 2. The molecule has 0 spiro atoms. The van der Waals surface area contributed by atoms with Crippen LogP contribution in [-0.2, 0) is 20.7 Å². The first-order valence-electron chi connectivity index (χ1n) is 10.0. The SMILES string of the molecule is O=C(NCCc1ccc(F)cc1)C1CCC(C(=O)NCC2CCCO2)CC1. The van der Waals surface area contributed by atoms with Gasteiger partial charge >= 0.3 is 0 Å². The quantitative estimate of drug-likeness (QED) is 0.769. The van der Waals surface area contributed by atoms with Gasteiger partial charge in [-0.25, -0.2) is 4.39 Å². The van der Waals surface area contributed by atoms with Crippen molar-refractivity contribution >= 4 is 11.8 Å². The van der Waals surface area contributed by atoms with Gasteiger partial charge in [-0.2, -0.15) is 0 Å². The molecule has 5 nitrogen and oxygen atoms in total. The van der Waals surface area contributed by atoms with E-state index in [9.17, 15) is 14.0 Å². The van der Waals surface area contributed by atoms with Gasteiger partial charge in [0.25, 0.3) is 0 Å². The Labute approximate surface area is 160 Å². The summed E-state index contributed by atoms with van der Waals surface area (Å²) in [6.07, 6.45) is 5.96. The van der Waals surface area contributed by atoms with Crippen molar-refractivity contribution in [1.82, 2.24) is 10.6 Å². The number of ether oxygens (including phenoxy) is 1. The zero-order chi connectivity index (χ0) is 19.1. The fourth-order valence-corrected chi connectivity index (χ4v) is 3.91. The smallest absolute Gasteiger partial charge is 0.223 e. The zero-order valence-electron chi connectivity index (χ0n) is 15.7. The Morgan fingerprint density at radius 3 is 2.19 bits per heavy atom. The van der Waals surface area contributed by atoms with Crippen LogP contribution in [0.25, 0.3) is 0 Å². The second kappa shape index (κ2) is 9.83. The van der Waals surface area contributed by atoms with Crippen molar-refractivity contribution in [2.75, 3.05) is 19.7 Å². The normalized spacial score (nSPS) is 25.1. The second-order valence-electron chi connectivity index (χ2n) is 7.60. The number of benzene rings is 1. The van der Waals surface area contributed by atoms with Crippen LogP contribution < -0.4 is 10.6 Å². The van der Waals surface area contributed by atoms with Gasteiger partial charge in [0.15, 0.2) is 0 Å². The highest BCUT2D eigenvalue weighted by atomic mass is 19.1. The third-order valence-electron chi connectivity index (χ3n) is 5.62. The second-order valence-corrected chi connectivity index (χ2v) is 7.60. The summed E-state index contributed by atoms with van der Waals surface area (Å²) < 4.78 is 18.4. The molecular formula is C21H29FN2O3. The zero-order valence-corrected chi connectivity index (χ0v) is 15.7. The van der Waals surface area contributed by atoms with E-state index >= 15 is 0 Å². The molecule has 1 atom stereocenters. The molecule has 0 radical (unpaired) electrons. The van der Waals surface area contributed by atoms with Crippen LogP contribution in [0.4, 0.5) is 4.39 Å². The van der Waals surface area contributed by atoms with E-state index in [0.717, 1.165) is 50.7 Å². The van der Waals surface area contributed by atoms with Crippen molar-refractivity contribution in [1.29, 1.82) is 0 Å². The van der Waals surface area contributed by atoms with Crippen molar-refractivity contribution in [2.45, 2.75) is 51.0 Å². The van der Waals surface area contributed by atoms with Crippen molar-refractivity contribution < 1.29 is 18.7 Å². The summed E-state index contributed by atoms with van der Waals surface area (Å²) >= 11 is 0. The number of halogens is 1. The topological polar surface area (TPSA) is 67.4 Å². The Morgan fingerprint density at radius 1 is 0.963 bits per heavy atom. The van der Waals surface area contributed by atoms with Crippen LogP contribution in [0.2, 0.25) is 0 Å². The molecular weight excluding hydrogens is 347 g/mol. The van der Waals surface area contributed by atoms with E-state index in [4.69, 9.17) is 4.74 Å². The molecule has 1 aromatic rings. The number of carbonyl (C=O) groups is 2. The Hall–Kier alpha value is -1.95. The molecule has 2 fully saturated rings. The predicted octanol–water partition coefficient (Wildman–Crippen LogP) is 2.59. The van der Waals surface area contributed by atoms with E-state index < -0.39 is 0 Å². The van der Waals surface area contributed by atoms with E-state index in [1.807, 2.05) is 0 Å². The first kappa shape index (κ1) is 19.8. The molecule has 1 aliphatic carbocycles. The molecule has 1 unspecified atom stereocenters. The van der Waals surface area contributed by atoms with Crippen LogP contribution in [0.5, 0.6) is 0 Å². The fraction of sp³-hybridized carbons (Fsp3) is 0.619. The van der Waals surface area contributed by atoms with Gasteiger partial charge in [-0.3, -0.25) is 9.59 Å². The van der Waals surface area contributed by atoms with Crippen LogP contribution in [0.1, 0.15) is 44.1 Å². The molecule has 27 heavy (non-hydrogen) atoms. The summed E-state index contributed by atoms with van der Waals surface area (Å²) in [6, 6.07) is 6.34. The maximum absolute atomic E-state index is 12.9. The van der Waals surface area contributed by atoms with Crippen LogP contribution >= 0.6 is 0 Å². The van der Waals surface area contributed by atoms with Crippen molar-refractivity contribution in [3.63, 3.8) is 0 Å². The van der Waals surface area contributed by atoms with E-state index in [0.29, 0.717) is 19.5 Å². The molecule has 2 aliphatic rings. The number of hydrogen-bond acceptors (Lipinski definition) is 3.